The highest BCUT2D eigenvalue weighted by molar-refractivity contribution is 6.33. The molecular weight excluding hydrogens is 236 g/mol. The van der Waals surface area contributed by atoms with E-state index in [9.17, 15) is 4.79 Å². The molecule has 0 aliphatic heterocycles. The highest BCUT2D eigenvalue weighted by atomic mass is 35.5. The average molecular weight is 247 g/mol. The number of ether oxygens (including phenoxy) is 3. The Morgan fingerprint density at radius 1 is 1.19 bits per heavy atom. The number of hydrogen-bond donors (Lipinski definition) is 1. The maximum atomic E-state index is 11.1. The van der Waals surface area contributed by atoms with Crippen molar-refractivity contribution in [1.29, 1.82) is 0 Å². The molecule has 0 saturated heterocycles. The number of aromatic carboxylic acids is 1. The van der Waals surface area contributed by atoms with Gasteiger partial charge in [-0.2, -0.15) is 0 Å². The van der Waals surface area contributed by atoms with Crippen molar-refractivity contribution in [3.05, 3.63) is 16.7 Å². The van der Waals surface area contributed by atoms with Gasteiger partial charge in [0, 0.05) is 6.07 Å². The van der Waals surface area contributed by atoms with Gasteiger partial charge in [0.1, 0.15) is 5.56 Å². The molecule has 0 heterocycles. The van der Waals surface area contributed by atoms with Crippen molar-refractivity contribution in [2.45, 2.75) is 0 Å². The third-order valence-corrected chi connectivity index (χ3v) is 2.28. The van der Waals surface area contributed by atoms with Gasteiger partial charge in [-0.1, -0.05) is 11.6 Å². The second-order valence-corrected chi connectivity index (χ2v) is 3.21. The number of methoxy groups -OCH3 is 3. The van der Waals surface area contributed by atoms with Crippen molar-refractivity contribution >= 4 is 17.6 Å². The van der Waals surface area contributed by atoms with E-state index in [1.54, 1.807) is 0 Å². The van der Waals surface area contributed by atoms with E-state index in [-0.39, 0.29) is 27.8 Å². The molecule has 0 spiro atoms. The molecule has 0 saturated carbocycles. The fraction of sp³-hybridized carbons (Fsp3) is 0.300. The topological polar surface area (TPSA) is 65.0 Å². The van der Waals surface area contributed by atoms with Gasteiger partial charge in [0.15, 0.2) is 17.2 Å². The predicted molar refractivity (Wildman–Crippen MR) is 58.1 cm³/mol. The van der Waals surface area contributed by atoms with Gasteiger partial charge in [-0.15, -0.1) is 0 Å². The first-order chi connectivity index (χ1) is 7.56. The summed E-state index contributed by atoms with van der Waals surface area (Å²) >= 11 is 5.86. The smallest absolute Gasteiger partial charge is 0.343 e. The summed E-state index contributed by atoms with van der Waals surface area (Å²) in [6.45, 7) is 0. The van der Waals surface area contributed by atoms with Gasteiger partial charge in [-0.05, 0) is 0 Å². The Hall–Kier alpha value is -1.62. The average Bonchev–Trinajstić information content (AvgIpc) is 2.27. The van der Waals surface area contributed by atoms with Gasteiger partial charge in [-0.25, -0.2) is 4.79 Å². The number of hydrogen-bond acceptors (Lipinski definition) is 4. The van der Waals surface area contributed by atoms with Crippen LogP contribution in [0, 0.1) is 0 Å². The lowest BCUT2D eigenvalue weighted by atomic mass is 10.1. The monoisotopic (exact) mass is 246 g/mol. The summed E-state index contributed by atoms with van der Waals surface area (Å²) in [6, 6.07) is 1.44. The fourth-order valence-corrected chi connectivity index (χ4v) is 1.61. The van der Waals surface area contributed by atoms with Crippen molar-refractivity contribution in [3.8, 4) is 17.2 Å². The summed E-state index contributed by atoms with van der Waals surface area (Å²) in [5, 5.41) is 9.23. The van der Waals surface area contributed by atoms with E-state index in [4.69, 9.17) is 30.9 Å². The van der Waals surface area contributed by atoms with Gasteiger partial charge >= 0.3 is 5.97 Å². The van der Waals surface area contributed by atoms with E-state index in [0.717, 1.165) is 0 Å². The predicted octanol–water partition coefficient (Wildman–Crippen LogP) is 2.06. The van der Waals surface area contributed by atoms with Crippen LogP contribution in [0.1, 0.15) is 10.4 Å². The van der Waals surface area contributed by atoms with Crippen molar-refractivity contribution in [2.75, 3.05) is 21.3 Å². The van der Waals surface area contributed by atoms with Crippen LogP contribution in [-0.4, -0.2) is 32.4 Å². The summed E-state index contributed by atoms with van der Waals surface area (Å²) in [5.74, 6) is -0.830. The molecule has 0 unspecified atom stereocenters. The molecule has 0 bridgehead atoms. The number of carboxylic acids is 1. The third-order valence-electron chi connectivity index (χ3n) is 1.99. The van der Waals surface area contributed by atoms with Crippen LogP contribution in [0.3, 0.4) is 0 Å². The maximum absolute atomic E-state index is 11.1. The Bertz CT molecular complexity index is 416. The normalized spacial score (nSPS) is 9.75. The minimum Gasteiger partial charge on any atom is -0.494 e. The number of rotatable bonds is 4. The SMILES string of the molecule is COc1cc(Cl)c(OC)c(C(=O)O)c1OC. The summed E-state index contributed by atoms with van der Waals surface area (Å²) < 4.78 is 14.9. The number of halogens is 1. The van der Waals surface area contributed by atoms with Gasteiger partial charge in [0.25, 0.3) is 0 Å². The standard InChI is InChI=1S/C10H11ClO5/c1-14-6-4-5(11)8(15-2)7(10(12)13)9(6)16-3/h4H,1-3H3,(H,12,13). The molecule has 0 aromatic heterocycles. The lowest BCUT2D eigenvalue weighted by Crippen LogP contribution is -2.06. The van der Waals surface area contributed by atoms with E-state index in [0.29, 0.717) is 0 Å². The van der Waals surface area contributed by atoms with E-state index in [1.165, 1.54) is 27.4 Å². The van der Waals surface area contributed by atoms with Crippen LogP contribution in [0.4, 0.5) is 0 Å². The largest absolute Gasteiger partial charge is 0.494 e. The van der Waals surface area contributed by atoms with Gasteiger partial charge in [0.2, 0.25) is 0 Å². The maximum Gasteiger partial charge on any atom is 0.343 e. The Kier molecular flexibility index (Phi) is 3.84. The summed E-state index contributed by atoms with van der Waals surface area (Å²) in [4.78, 5) is 11.1. The van der Waals surface area contributed by atoms with Gasteiger partial charge in [-0.3, -0.25) is 0 Å². The zero-order valence-electron chi connectivity index (χ0n) is 9.04. The number of carbonyl (C=O) groups is 1. The molecule has 0 aliphatic rings. The molecule has 0 radical (unpaired) electrons. The molecule has 1 N–H and O–H groups in total. The molecular formula is C10H11ClO5. The summed E-state index contributed by atoms with van der Waals surface area (Å²) in [5.41, 5.74) is -0.158. The Morgan fingerprint density at radius 3 is 2.12 bits per heavy atom. The molecule has 1 aromatic carbocycles. The van der Waals surface area contributed by atoms with Crippen molar-refractivity contribution < 1.29 is 24.1 Å². The van der Waals surface area contributed by atoms with Crippen LogP contribution in [0.15, 0.2) is 6.07 Å². The van der Waals surface area contributed by atoms with Crippen LogP contribution in [0.5, 0.6) is 17.2 Å². The molecule has 88 valence electrons. The summed E-state index contributed by atoms with van der Waals surface area (Å²) in [6.07, 6.45) is 0. The molecule has 0 aliphatic carbocycles. The Morgan fingerprint density at radius 2 is 1.75 bits per heavy atom. The molecule has 1 rings (SSSR count). The fourth-order valence-electron chi connectivity index (χ4n) is 1.34. The van der Waals surface area contributed by atoms with Crippen LogP contribution < -0.4 is 14.2 Å². The van der Waals surface area contributed by atoms with Crippen molar-refractivity contribution in [1.82, 2.24) is 0 Å². The first kappa shape index (κ1) is 12.4. The van der Waals surface area contributed by atoms with E-state index in [1.807, 2.05) is 0 Å². The molecule has 6 heteroatoms. The van der Waals surface area contributed by atoms with Crippen LogP contribution in [0.2, 0.25) is 5.02 Å². The molecule has 0 fully saturated rings. The van der Waals surface area contributed by atoms with Crippen molar-refractivity contribution in [3.63, 3.8) is 0 Å². The lowest BCUT2D eigenvalue weighted by Gasteiger charge is -2.14. The zero-order chi connectivity index (χ0) is 12.3. The summed E-state index contributed by atoms with van der Waals surface area (Å²) in [7, 11) is 4.07. The Labute approximate surface area is 97.5 Å². The van der Waals surface area contributed by atoms with E-state index in [2.05, 4.69) is 0 Å². The lowest BCUT2D eigenvalue weighted by molar-refractivity contribution is 0.0689. The molecule has 0 atom stereocenters. The minimum atomic E-state index is -1.20. The minimum absolute atomic E-state index is 0.0480. The number of carboxylic acid groups (broad SMARTS) is 1. The van der Waals surface area contributed by atoms with Crippen LogP contribution >= 0.6 is 11.6 Å². The zero-order valence-corrected chi connectivity index (χ0v) is 9.79. The molecule has 1 aromatic rings. The third kappa shape index (κ3) is 1.99. The first-order valence-electron chi connectivity index (χ1n) is 4.28. The van der Waals surface area contributed by atoms with E-state index >= 15 is 0 Å². The number of benzene rings is 1. The van der Waals surface area contributed by atoms with Crippen molar-refractivity contribution in [2.24, 2.45) is 0 Å². The highest BCUT2D eigenvalue weighted by Gasteiger charge is 2.24. The molecule has 0 amide bonds. The van der Waals surface area contributed by atoms with Gasteiger partial charge in [0.05, 0.1) is 26.4 Å². The van der Waals surface area contributed by atoms with E-state index < -0.39 is 5.97 Å². The van der Waals surface area contributed by atoms with Crippen LogP contribution in [0.25, 0.3) is 0 Å². The first-order valence-corrected chi connectivity index (χ1v) is 4.66. The second-order valence-electron chi connectivity index (χ2n) is 2.81. The quantitative estimate of drug-likeness (QED) is 0.881. The molecule has 16 heavy (non-hydrogen) atoms. The Balaban J connectivity index is 3.60. The molecule has 5 nitrogen and oxygen atoms in total. The van der Waals surface area contributed by atoms with Crippen LogP contribution in [-0.2, 0) is 0 Å². The van der Waals surface area contributed by atoms with Gasteiger partial charge < -0.3 is 19.3 Å². The highest BCUT2D eigenvalue weighted by Crippen LogP contribution is 2.42. The second kappa shape index (κ2) is 4.94.